The van der Waals surface area contributed by atoms with Gasteiger partial charge in [0.1, 0.15) is 0 Å². The Morgan fingerprint density at radius 3 is 2.43 bits per heavy atom. The Hall–Kier alpha value is -1.80. The summed E-state index contributed by atoms with van der Waals surface area (Å²) in [6.07, 6.45) is -3.90. The molecule has 1 aromatic heterocycles. The van der Waals surface area contributed by atoms with Crippen molar-refractivity contribution in [2.75, 3.05) is 0 Å². The number of carboxylic acid groups (broad SMARTS) is 1. The van der Waals surface area contributed by atoms with Gasteiger partial charge in [0.25, 0.3) is 5.56 Å². The summed E-state index contributed by atoms with van der Waals surface area (Å²) in [5, 5.41) is 9.47. The fourth-order valence-electron chi connectivity index (χ4n) is 2.01. The fraction of sp³-hybridized carbons (Fsp3) is 0.143. The first-order valence-electron chi connectivity index (χ1n) is 6.08. The highest BCUT2D eigenvalue weighted by atomic mass is 79.9. The smallest absolute Gasteiger partial charge is 0.416 e. The summed E-state index contributed by atoms with van der Waals surface area (Å²) in [5.74, 6) is -1.42. The molecule has 9 heteroatoms. The van der Waals surface area contributed by atoms with Crippen molar-refractivity contribution < 1.29 is 23.1 Å². The number of aromatic nitrogens is 1. The summed E-state index contributed by atoms with van der Waals surface area (Å²) in [4.78, 5) is 23.5. The van der Waals surface area contributed by atoms with Gasteiger partial charge in [-0.3, -0.25) is 9.36 Å². The number of rotatable bonds is 3. The molecule has 0 amide bonds. The minimum atomic E-state index is -4.69. The van der Waals surface area contributed by atoms with Crippen molar-refractivity contribution in [1.29, 1.82) is 0 Å². The van der Waals surface area contributed by atoms with E-state index in [1.54, 1.807) is 6.07 Å². The molecule has 0 saturated heterocycles. The Bertz CT molecular complexity index is 820. The molecule has 1 heterocycles. The molecule has 1 N–H and O–H groups in total. The van der Waals surface area contributed by atoms with Gasteiger partial charge in [-0.2, -0.15) is 13.2 Å². The molecule has 0 aliphatic carbocycles. The number of carboxylic acids is 1. The van der Waals surface area contributed by atoms with E-state index in [2.05, 4.69) is 15.9 Å². The molecule has 0 saturated carbocycles. The number of alkyl halides is 3. The molecule has 1 aromatic carbocycles. The Labute approximate surface area is 141 Å². The molecule has 1 atom stereocenters. The second-order valence-corrected chi connectivity index (χ2v) is 5.89. The minimum absolute atomic E-state index is 0.0763. The van der Waals surface area contributed by atoms with E-state index in [1.165, 1.54) is 12.1 Å². The molecule has 0 aliphatic heterocycles. The zero-order valence-electron chi connectivity index (χ0n) is 11.1. The molecule has 2 rings (SSSR count). The summed E-state index contributed by atoms with van der Waals surface area (Å²) in [5.41, 5.74) is -2.16. The first-order chi connectivity index (χ1) is 10.6. The molecular weight excluding hydrogens is 403 g/mol. The van der Waals surface area contributed by atoms with E-state index in [-0.39, 0.29) is 10.6 Å². The summed E-state index contributed by atoms with van der Waals surface area (Å²) >= 11 is 9.12. The fourth-order valence-corrected chi connectivity index (χ4v) is 2.61. The summed E-state index contributed by atoms with van der Waals surface area (Å²) in [6, 6.07) is 3.83. The van der Waals surface area contributed by atoms with Crippen molar-refractivity contribution in [3.05, 3.63) is 67.5 Å². The largest absolute Gasteiger partial charge is 0.479 e. The number of aliphatic carboxylic acids is 1. The quantitative estimate of drug-likeness (QED) is 0.833. The molecule has 4 nitrogen and oxygen atoms in total. The van der Waals surface area contributed by atoms with Crippen LogP contribution in [0.1, 0.15) is 17.2 Å². The summed E-state index contributed by atoms with van der Waals surface area (Å²) in [6.45, 7) is 0. The average molecular weight is 411 g/mol. The van der Waals surface area contributed by atoms with Gasteiger partial charge in [0.2, 0.25) is 0 Å². The molecule has 0 aliphatic rings. The van der Waals surface area contributed by atoms with Gasteiger partial charge in [-0.05, 0) is 24.3 Å². The second-order valence-electron chi connectivity index (χ2n) is 4.57. The summed E-state index contributed by atoms with van der Waals surface area (Å²) in [7, 11) is 0. The van der Waals surface area contributed by atoms with Crippen LogP contribution in [0.3, 0.4) is 0 Å². The van der Waals surface area contributed by atoms with Crippen LogP contribution in [0.25, 0.3) is 0 Å². The monoisotopic (exact) mass is 409 g/mol. The van der Waals surface area contributed by atoms with Crippen molar-refractivity contribution in [2.24, 2.45) is 0 Å². The van der Waals surface area contributed by atoms with Gasteiger partial charge >= 0.3 is 12.1 Å². The first-order valence-corrected chi connectivity index (χ1v) is 7.25. The van der Waals surface area contributed by atoms with Crippen molar-refractivity contribution in [3.63, 3.8) is 0 Å². The Morgan fingerprint density at radius 1 is 1.26 bits per heavy atom. The molecule has 0 bridgehead atoms. The number of carbonyl (C=O) groups is 1. The molecule has 1 unspecified atom stereocenters. The number of benzene rings is 1. The van der Waals surface area contributed by atoms with Gasteiger partial charge in [-0.1, -0.05) is 27.5 Å². The number of halogens is 5. The van der Waals surface area contributed by atoms with Crippen LogP contribution < -0.4 is 5.56 Å². The van der Waals surface area contributed by atoms with E-state index in [1.807, 2.05) is 0 Å². The third-order valence-electron chi connectivity index (χ3n) is 3.04. The van der Waals surface area contributed by atoms with Crippen LogP contribution in [-0.4, -0.2) is 15.6 Å². The van der Waals surface area contributed by atoms with Gasteiger partial charge < -0.3 is 5.11 Å². The normalized spacial score (nSPS) is 12.9. The minimum Gasteiger partial charge on any atom is -0.479 e. The van der Waals surface area contributed by atoms with E-state index >= 15 is 0 Å². The van der Waals surface area contributed by atoms with Crippen LogP contribution >= 0.6 is 27.5 Å². The Kier molecular flexibility index (Phi) is 4.86. The topological polar surface area (TPSA) is 59.3 Å². The van der Waals surface area contributed by atoms with E-state index in [0.717, 1.165) is 6.20 Å². The molecule has 0 spiro atoms. The molecule has 23 heavy (non-hydrogen) atoms. The van der Waals surface area contributed by atoms with Crippen LogP contribution in [-0.2, 0) is 11.0 Å². The first kappa shape index (κ1) is 17.6. The van der Waals surface area contributed by atoms with E-state index in [9.17, 15) is 27.9 Å². The molecule has 2 aromatic rings. The van der Waals surface area contributed by atoms with Gasteiger partial charge in [0, 0.05) is 27.3 Å². The second kappa shape index (κ2) is 6.37. The molecule has 0 radical (unpaired) electrons. The van der Waals surface area contributed by atoms with Gasteiger partial charge in [-0.15, -0.1) is 0 Å². The lowest BCUT2D eigenvalue weighted by molar-refractivity contribution is -0.139. The molecule has 122 valence electrons. The van der Waals surface area contributed by atoms with Crippen molar-refractivity contribution in [2.45, 2.75) is 12.2 Å². The number of pyridine rings is 1. The third-order valence-corrected chi connectivity index (χ3v) is 3.88. The highest BCUT2D eigenvalue weighted by Crippen LogP contribution is 2.31. The Balaban J connectivity index is 2.62. The lowest BCUT2D eigenvalue weighted by Gasteiger charge is -2.18. The lowest BCUT2D eigenvalue weighted by Crippen LogP contribution is -2.31. The van der Waals surface area contributed by atoms with E-state index < -0.39 is 29.3 Å². The SMILES string of the molecule is O=C(O)C(c1cc(Br)ccc1Cl)n1ccc(C(F)(F)F)cc1=O. The average Bonchev–Trinajstić information content (AvgIpc) is 2.43. The molecular formula is C14H8BrClF3NO3. The van der Waals surface area contributed by atoms with Crippen LogP contribution in [0.5, 0.6) is 0 Å². The maximum atomic E-state index is 12.6. The van der Waals surface area contributed by atoms with E-state index in [0.29, 0.717) is 21.2 Å². The van der Waals surface area contributed by atoms with Crippen LogP contribution in [0.2, 0.25) is 5.02 Å². The zero-order valence-corrected chi connectivity index (χ0v) is 13.5. The lowest BCUT2D eigenvalue weighted by atomic mass is 10.1. The molecule has 0 fully saturated rings. The van der Waals surface area contributed by atoms with Gasteiger partial charge in [-0.25, -0.2) is 4.79 Å². The highest BCUT2D eigenvalue weighted by Gasteiger charge is 2.32. The third kappa shape index (κ3) is 3.76. The predicted octanol–water partition coefficient (Wildman–Crippen LogP) is 3.96. The van der Waals surface area contributed by atoms with Crippen LogP contribution in [0.15, 0.2) is 45.8 Å². The van der Waals surface area contributed by atoms with Crippen molar-refractivity contribution in [3.8, 4) is 0 Å². The number of hydrogen-bond acceptors (Lipinski definition) is 2. The Morgan fingerprint density at radius 2 is 1.91 bits per heavy atom. The summed E-state index contributed by atoms with van der Waals surface area (Å²) < 4.78 is 39.0. The maximum Gasteiger partial charge on any atom is 0.416 e. The van der Waals surface area contributed by atoms with Crippen LogP contribution in [0.4, 0.5) is 13.2 Å². The van der Waals surface area contributed by atoms with Crippen molar-refractivity contribution in [1.82, 2.24) is 4.57 Å². The van der Waals surface area contributed by atoms with Crippen molar-refractivity contribution >= 4 is 33.5 Å². The van der Waals surface area contributed by atoms with E-state index in [4.69, 9.17) is 11.6 Å². The highest BCUT2D eigenvalue weighted by molar-refractivity contribution is 9.10. The zero-order chi connectivity index (χ0) is 17.4. The maximum absolute atomic E-state index is 12.6. The van der Waals surface area contributed by atoms with Gasteiger partial charge in [0.05, 0.1) is 5.56 Å². The van der Waals surface area contributed by atoms with Crippen LogP contribution in [0, 0.1) is 0 Å². The predicted molar refractivity (Wildman–Crippen MR) is 80.6 cm³/mol. The van der Waals surface area contributed by atoms with Gasteiger partial charge in [0.15, 0.2) is 6.04 Å². The number of hydrogen-bond donors (Lipinski definition) is 1. The standard InChI is InChI=1S/C14H8BrClF3NO3/c15-8-1-2-10(16)9(6-8)12(13(22)23)20-4-3-7(5-11(20)21)14(17,18)19/h1-6,12H,(H,22,23). The number of nitrogens with zero attached hydrogens (tertiary/aromatic N) is 1.